The van der Waals surface area contributed by atoms with Crippen molar-refractivity contribution >= 4 is 38.5 Å². The fraction of sp³-hybridized carbons (Fsp3) is 0.375. The van der Waals surface area contributed by atoms with Crippen molar-refractivity contribution in [3.63, 3.8) is 0 Å². The summed E-state index contributed by atoms with van der Waals surface area (Å²) in [5, 5.41) is 0.130. The van der Waals surface area contributed by atoms with Crippen molar-refractivity contribution in [2.75, 3.05) is 0 Å². The second-order valence-corrected chi connectivity index (χ2v) is 4.39. The van der Waals surface area contributed by atoms with Crippen LogP contribution >= 0.6 is 38.5 Å². The Kier molecular flexibility index (Phi) is 4.49. The molecule has 1 nitrogen and oxygen atoms in total. The maximum absolute atomic E-state index is 12.5. The van der Waals surface area contributed by atoms with Crippen LogP contribution in [0.25, 0.3) is 0 Å². The van der Waals surface area contributed by atoms with Crippen molar-refractivity contribution in [1.29, 1.82) is 0 Å². The van der Waals surface area contributed by atoms with Gasteiger partial charge in [-0.1, -0.05) is 15.9 Å². The molecule has 90 valence electrons. The van der Waals surface area contributed by atoms with E-state index in [1.807, 2.05) is 0 Å². The van der Waals surface area contributed by atoms with Gasteiger partial charge in [-0.25, -0.2) is 13.8 Å². The second kappa shape index (κ2) is 5.11. The standard InChI is InChI=1S/C8H4BrF5IN/c9-2-3-1-4(8(12,13)14)5(6(10)11)16-7(3)15/h1,6H,2H2. The van der Waals surface area contributed by atoms with Gasteiger partial charge in [0.1, 0.15) is 9.39 Å². The van der Waals surface area contributed by atoms with Crippen molar-refractivity contribution < 1.29 is 22.0 Å². The summed E-state index contributed by atoms with van der Waals surface area (Å²) in [7, 11) is 0. The van der Waals surface area contributed by atoms with Gasteiger partial charge in [-0.05, 0) is 34.2 Å². The highest BCUT2D eigenvalue weighted by atomic mass is 127. The smallest absolute Gasteiger partial charge is 0.240 e. The molecular weight excluding hydrogens is 412 g/mol. The first-order valence-electron chi connectivity index (χ1n) is 3.88. The van der Waals surface area contributed by atoms with E-state index in [1.165, 1.54) is 0 Å². The van der Waals surface area contributed by atoms with E-state index in [0.29, 0.717) is 6.07 Å². The molecule has 0 spiro atoms. The summed E-state index contributed by atoms with van der Waals surface area (Å²) in [4.78, 5) is 3.30. The number of halogens is 7. The highest BCUT2D eigenvalue weighted by Crippen LogP contribution is 2.36. The summed E-state index contributed by atoms with van der Waals surface area (Å²) in [5.74, 6) is 0. The zero-order valence-corrected chi connectivity index (χ0v) is 11.2. The molecule has 1 aromatic heterocycles. The van der Waals surface area contributed by atoms with Gasteiger partial charge in [-0.15, -0.1) is 0 Å². The SMILES string of the molecule is FC(F)c1nc(I)c(CBr)cc1C(F)(F)F. The average molecular weight is 416 g/mol. The molecule has 1 aromatic rings. The molecule has 0 aliphatic heterocycles. The molecule has 0 saturated carbocycles. The molecule has 0 aliphatic carbocycles. The Bertz CT molecular complexity index is 393. The fourth-order valence-corrected chi connectivity index (χ4v) is 2.59. The van der Waals surface area contributed by atoms with Crippen LogP contribution in [0.3, 0.4) is 0 Å². The molecule has 0 N–H and O–H groups in total. The van der Waals surface area contributed by atoms with Crippen LogP contribution in [0, 0.1) is 3.70 Å². The van der Waals surface area contributed by atoms with Crippen LogP contribution in [0.5, 0.6) is 0 Å². The molecule has 0 aliphatic rings. The quantitative estimate of drug-likeness (QED) is 0.299. The third-order valence-corrected chi connectivity index (χ3v) is 3.27. The molecule has 1 heterocycles. The summed E-state index contributed by atoms with van der Waals surface area (Å²) in [5.41, 5.74) is -2.36. The van der Waals surface area contributed by atoms with Gasteiger partial charge in [0.15, 0.2) is 0 Å². The highest BCUT2D eigenvalue weighted by molar-refractivity contribution is 14.1. The minimum atomic E-state index is -4.82. The van der Waals surface area contributed by atoms with Crippen LogP contribution in [0.15, 0.2) is 6.07 Å². The topological polar surface area (TPSA) is 12.9 Å². The molecule has 0 fully saturated rings. The van der Waals surface area contributed by atoms with Gasteiger partial charge in [0, 0.05) is 5.33 Å². The van der Waals surface area contributed by atoms with Gasteiger partial charge < -0.3 is 0 Å². The first-order valence-corrected chi connectivity index (χ1v) is 6.08. The van der Waals surface area contributed by atoms with Gasteiger partial charge in [0.2, 0.25) is 0 Å². The van der Waals surface area contributed by atoms with E-state index in [-0.39, 0.29) is 14.6 Å². The van der Waals surface area contributed by atoms with E-state index in [1.54, 1.807) is 22.6 Å². The molecule has 0 saturated heterocycles. The molecule has 1 rings (SSSR count). The maximum atomic E-state index is 12.5. The molecule has 8 heteroatoms. The number of rotatable bonds is 2. The van der Waals surface area contributed by atoms with E-state index >= 15 is 0 Å². The van der Waals surface area contributed by atoms with Crippen molar-refractivity contribution in [2.45, 2.75) is 17.9 Å². The molecule has 0 bridgehead atoms. The van der Waals surface area contributed by atoms with E-state index < -0.39 is 23.9 Å². The molecule has 0 aromatic carbocycles. The molecule has 0 unspecified atom stereocenters. The molecular formula is C8H4BrF5IN. The monoisotopic (exact) mass is 415 g/mol. The van der Waals surface area contributed by atoms with Crippen LogP contribution in [0.2, 0.25) is 0 Å². The Balaban J connectivity index is 3.43. The van der Waals surface area contributed by atoms with Crippen molar-refractivity contribution in [3.05, 3.63) is 26.6 Å². The third-order valence-electron chi connectivity index (χ3n) is 1.73. The van der Waals surface area contributed by atoms with Crippen LogP contribution in [0.1, 0.15) is 23.2 Å². The number of alkyl halides is 6. The fourth-order valence-electron chi connectivity index (χ4n) is 1.03. The van der Waals surface area contributed by atoms with Crippen LogP contribution in [-0.4, -0.2) is 4.98 Å². The predicted molar refractivity (Wildman–Crippen MR) is 59.5 cm³/mol. The van der Waals surface area contributed by atoms with Crippen molar-refractivity contribution in [1.82, 2.24) is 4.98 Å². The molecule has 0 amide bonds. The maximum Gasteiger partial charge on any atom is 0.418 e. The minimum absolute atomic E-state index is 0.130. The normalized spacial score (nSPS) is 12.2. The summed E-state index contributed by atoms with van der Waals surface area (Å²) < 4.78 is 62.3. The second-order valence-electron chi connectivity index (χ2n) is 2.80. The van der Waals surface area contributed by atoms with Crippen LogP contribution < -0.4 is 0 Å². The minimum Gasteiger partial charge on any atom is -0.240 e. The average Bonchev–Trinajstić information content (AvgIpc) is 2.15. The van der Waals surface area contributed by atoms with E-state index in [2.05, 4.69) is 20.9 Å². The number of nitrogens with zero attached hydrogens (tertiary/aromatic N) is 1. The summed E-state index contributed by atoms with van der Waals surface area (Å²) in [6, 6.07) is 0.699. The van der Waals surface area contributed by atoms with E-state index in [4.69, 9.17) is 0 Å². The highest BCUT2D eigenvalue weighted by Gasteiger charge is 2.37. The molecule has 0 radical (unpaired) electrons. The van der Waals surface area contributed by atoms with E-state index in [9.17, 15) is 22.0 Å². The summed E-state index contributed by atoms with van der Waals surface area (Å²) >= 11 is 4.59. The third kappa shape index (κ3) is 3.02. The number of hydrogen-bond donors (Lipinski definition) is 0. The van der Waals surface area contributed by atoms with Crippen LogP contribution in [0.4, 0.5) is 22.0 Å². The zero-order valence-electron chi connectivity index (χ0n) is 7.45. The lowest BCUT2D eigenvalue weighted by atomic mass is 10.1. The van der Waals surface area contributed by atoms with E-state index in [0.717, 1.165) is 0 Å². The number of aromatic nitrogens is 1. The zero-order chi connectivity index (χ0) is 12.5. The molecule has 0 atom stereocenters. The Morgan fingerprint density at radius 1 is 1.38 bits per heavy atom. The molecule has 16 heavy (non-hydrogen) atoms. The van der Waals surface area contributed by atoms with Gasteiger partial charge in [-0.3, -0.25) is 0 Å². The van der Waals surface area contributed by atoms with Gasteiger partial charge in [0.25, 0.3) is 6.43 Å². The predicted octanol–water partition coefficient (Wildman–Crippen LogP) is 4.54. The Morgan fingerprint density at radius 2 is 1.94 bits per heavy atom. The van der Waals surface area contributed by atoms with Gasteiger partial charge in [-0.2, -0.15) is 13.2 Å². The van der Waals surface area contributed by atoms with Crippen molar-refractivity contribution in [3.8, 4) is 0 Å². The van der Waals surface area contributed by atoms with Gasteiger partial charge >= 0.3 is 6.18 Å². The van der Waals surface area contributed by atoms with Crippen LogP contribution in [-0.2, 0) is 11.5 Å². The summed E-state index contributed by atoms with van der Waals surface area (Å²) in [6.07, 6.45) is -8.06. The lowest BCUT2D eigenvalue weighted by molar-refractivity contribution is -0.140. The lowest BCUT2D eigenvalue weighted by Gasteiger charge is -2.13. The lowest BCUT2D eigenvalue weighted by Crippen LogP contribution is -2.13. The Hall–Kier alpha value is 0.01000. The first kappa shape index (κ1) is 14.1. The van der Waals surface area contributed by atoms with Gasteiger partial charge in [0.05, 0.1) is 5.56 Å². The number of pyridine rings is 1. The number of hydrogen-bond acceptors (Lipinski definition) is 1. The summed E-state index contributed by atoms with van der Waals surface area (Å²) in [6.45, 7) is 0. The first-order chi connectivity index (χ1) is 7.27. The van der Waals surface area contributed by atoms with Crippen molar-refractivity contribution in [2.24, 2.45) is 0 Å². The largest absolute Gasteiger partial charge is 0.418 e. The Morgan fingerprint density at radius 3 is 2.31 bits per heavy atom. The Labute approximate surface area is 110 Å².